The van der Waals surface area contributed by atoms with Gasteiger partial charge in [-0.1, -0.05) is 30.0 Å². The lowest BCUT2D eigenvalue weighted by Gasteiger charge is -2.06. The number of aromatic nitrogens is 4. The fourth-order valence-electron chi connectivity index (χ4n) is 1.85. The topological polar surface area (TPSA) is 97.6 Å². The van der Waals surface area contributed by atoms with E-state index in [1.54, 1.807) is 19.3 Å². The summed E-state index contributed by atoms with van der Waals surface area (Å²) in [6.45, 7) is 1.54. The number of nitrogen functional groups attached to an aromatic ring is 1. The molecule has 0 bridgehead atoms. The van der Waals surface area contributed by atoms with Crippen LogP contribution in [0, 0.1) is 0 Å². The molecular formula is C13H11N5OS. The van der Waals surface area contributed by atoms with Crippen LogP contribution >= 0.6 is 11.8 Å². The summed E-state index contributed by atoms with van der Waals surface area (Å²) in [6, 6.07) is 7.38. The number of imidazole rings is 1. The summed E-state index contributed by atoms with van der Waals surface area (Å²) >= 11 is 1.37. The lowest BCUT2D eigenvalue weighted by atomic mass is 10.1. The molecule has 3 N–H and O–H groups in total. The monoisotopic (exact) mass is 285 g/mol. The van der Waals surface area contributed by atoms with E-state index in [-0.39, 0.29) is 11.7 Å². The predicted molar refractivity (Wildman–Crippen MR) is 76.7 cm³/mol. The highest BCUT2D eigenvalue weighted by Crippen LogP contribution is 2.32. The quantitative estimate of drug-likeness (QED) is 0.566. The van der Waals surface area contributed by atoms with Crippen molar-refractivity contribution in [3.63, 3.8) is 0 Å². The van der Waals surface area contributed by atoms with Crippen molar-refractivity contribution in [2.45, 2.75) is 16.8 Å². The molecule has 20 heavy (non-hydrogen) atoms. The Labute approximate surface area is 118 Å². The van der Waals surface area contributed by atoms with E-state index in [9.17, 15) is 4.79 Å². The van der Waals surface area contributed by atoms with Gasteiger partial charge in [0.15, 0.2) is 11.4 Å². The first-order chi connectivity index (χ1) is 9.65. The molecule has 0 atom stereocenters. The summed E-state index contributed by atoms with van der Waals surface area (Å²) in [4.78, 5) is 27.8. The van der Waals surface area contributed by atoms with Crippen molar-refractivity contribution >= 4 is 34.7 Å². The minimum absolute atomic E-state index is 0.0102. The maximum absolute atomic E-state index is 11.6. The second-order valence-electron chi connectivity index (χ2n) is 4.14. The van der Waals surface area contributed by atoms with Gasteiger partial charge in [-0.2, -0.15) is 4.98 Å². The molecule has 3 rings (SSSR count). The van der Waals surface area contributed by atoms with Crippen molar-refractivity contribution < 1.29 is 4.79 Å². The number of anilines is 1. The van der Waals surface area contributed by atoms with Gasteiger partial charge in [-0.3, -0.25) is 4.79 Å². The number of rotatable bonds is 3. The molecule has 0 radical (unpaired) electrons. The van der Waals surface area contributed by atoms with E-state index in [4.69, 9.17) is 5.73 Å². The van der Waals surface area contributed by atoms with Gasteiger partial charge in [0.2, 0.25) is 5.95 Å². The fraction of sp³-hybridized carbons (Fsp3) is 0.0769. The van der Waals surface area contributed by atoms with E-state index in [1.807, 2.05) is 18.2 Å². The van der Waals surface area contributed by atoms with Gasteiger partial charge in [-0.05, 0) is 13.0 Å². The number of nitrogens with zero attached hydrogens (tertiary/aromatic N) is 3. The molecule has 7 heteroatoms. The van der Waals surface area contributed by atoms with Crippen LogP contribution in [0.25, 0.3) is 11.2 Å². The van der Waals surface area contributed by atoms with Crippen molar-refractivity contribution in [1.29, 1.82) is 0 Å². The fourth-order valence-corrected chi connectivity index (χ4v) is 2.92. The molecule has 1 aromatic carbocycles. The molecule has 0 saturated heterocycles. The molecule has 0 aliphatic heterocycles. The summed E-state index contributed by atoms with van der Waals surface area (Å²) in [7, 11) is 0. The highest BCUT2D eigenvalue weighted by atomic mass is 32.2. The highest BCUT2D eigenvalue weighted by Gasteiger charge is 2.13. The number of ketones is 1. The van der Waals surface area contributed by atoms with Crippen molar-refractivity contribution in [2.75, 3.05) is 5.73 Å². The van der Waals surface area contributed by atoms with E-state index < -0.39 is 0 Å². The Hall–Kier alpha value is -2.41. The second-order valence-corrected chi connectivity index (χ2v) is 5.17. The summed E-state index contributed by atoms with van der Waals surface area (Å²) in [5.41, 5.74) is 7.56. The van der Waals surface area contributed by atoms with Gasteiger partial charge in [-0.25, -0.2) is 9.97 Å². The van der Waals surface area contributed by atoms with Gasteiger partial charge >= 0.3 is 0 Å². The van der Waals surface area contributed by atoms with Crippen LogP contribution in [0.3, 0.4) is 0 Å². The van der Waals surface area contributed by atoms with Gasteiger partial charge < -0.3 is 10.7 Å². The first kappa shape index (κ1) is 12.6. The van der Waals surface area contributed by atoms with Crippen molar-refractivity contribution in [3.8, 4) is 0 Å². The Morgan fingerprint density at radius 2 is 2.10 bits per heavy atom. The van der Waals surface area contributed by atoms with Gasteiger partial charge in [0.05, 0.1) is 6.33 Å². The van der Waals surface area contributed by atoms with Crippen molar-refractivity contribution in [1.82, 2.24) is 19.9 Å². The number of hydrogen-bond acceptors (Lipinski definition) is 6. The molecule has 100 valence electrons. The molecule has 0 unspecified atom stereocenters. The normalized spacial score (nSPS) is 10.8. The number of benzene rings is 1. The molecule has 0 amide bonds. The Balaban J connectivity index is 2.10. The number of carbonyl (C=O) groups excluding carboxylic acids is 1. The molecular weight excluding hydrogens is 274 g/mol. The van der Waals surface area contributed by atoms with E-state index in [1.165, 1.54) is 11.8 Å². The minimum atomic E-state index is 0.0102. The van der Waals surface area contributed by atoms with Crippen LogP contribution < -0.4 is 5.73 Å². The molecule has 0 saturated carbocycles. The Kier molecular flexibility index (Phi) is 3.11. The van der Waals surface area contributed by atoms with Crippen LogP contribution in [0.2, 0.25) is 0 Å². The van der Waals surface area contributed by atoms with Crippen LogP contribution in [-0.2, 0) is 0 Å². The average molecular weight is 285 g/mol. The molecule has 3 aromatic rings. The number of aromatic amines is 1. The summed E-state index contributed by atoms with van der Waals surface area (Å²) < 4.78 is 0. The number of Topliss-reactive ketones (excluding diaryl/α,β-unsaturated/α-hetero) is 1. The number of hydrogen-bond donors (Lipinski definition) is 2. The van der Waals surface area contributed by atoms with Crippen molar-refractivity contribution in [3.05, 3.63) is 36.2 Å². The Morgan fingerprint density at radius 3 is 2.90 bits per heavy atom. The van der Waals surface area contributed by atoms with E-state index in [0.717, 1.165) is 4.90 Å². The molecule has 2 aromatic heterocycles. The number of fused-ring (bicyclic) bond motifs is 1. The molecule has 0 aliphatic carbocycles. The summed E-state index contributed by atoms with van der Waals surface area (Å²) in [6.07, 6.45) is 1.54. The summed E-state index contributed by atoms with van der Waals surface area (Å²) in [5.74, 6) is 0.170. The lowest BCUT2D eigenvalue weighted by molar-refractivity contribution is 0.101. The number of nitrogens with two attached hydrogens (primary N) is 1. The molecule has 0 spiro atoms. The Bertz CT molecular complexity index is 798. The number of carbonyl (C=O) groups is 1. The predicted octanol–water partition coefficient (Wildman–Crippen LogP) is 2.29. The number of nitrogens with one attached hydrogen (secondary N) is 1. The molecule has 0 aliphatic rings. The van der Waals surface area contributed by atoms with Crippen LogP contribution in [0.1, 0.15) is 17.3 Å². The van der Waals surface area contributed by atoms with Crippen molar-refractivity contribution in [2.24, 2.45) is 0 Å². The van der Waals surface area contributed by atoms with Crippen LogP contribution in [0.4, 0.5) is 5.95 Å². The van der Waals surface area contributed by atoms with Crippen LogP contribution in [0.5, 0.6) is 0 Å². The van der Waals surface area contributed by atoms with E-state index >= 15 is 0 Å². The second kappa shape index (κ2) is 4.93. The maximum Gasteiger partial charge on any atom is 0.223 e. The third-order valence-electron chi connectivity index (χ3n) is 2.74. The van der Waals surface area contributed by atoms with Gasteiger partial charge in [0, 0.05) is 10.5 Å². The number of H-pyrrole nitrogens is 1. The largest absolute Gasteiger partial charge is 0.368 e. The van der Waals surface area contributed by atoms with Gasteiger partial charge in [-0.15, -0.1) is 0 Å². The standard InChI is InChI=1S/C13H11N5OS/c1-7(19)8-4-2-3-5-9(8)20-12-10-11(16-6-15-10)17-13(14)18-12/h2-6H,1H3,(H3,14,15,16,17,18). The van der Waals surface area contributed by atoms with Gasteiger partial charge in [0.25, 0.3) is 0 Å². The zero-order chi connectivity index (χ0) is 14.1. The minimum Gasteiger partial charge on any atom is -0.368 e. The van der Waals surface area contributed by atoms with E-state index in [2.05, 4.69) is 19.9 Å². The SMILES string of the molecule is CC(=O)c1ccccc1Sc1nc(N)nc2nc[nH]c12. The zero-order valence-corrected chi connectivity index (χ0v) is 11.4. The van der Waals surface area contributed by atoms with Crippen LogP contribution in [-0.4, -0.2) is 25.7 Å². The van der Waals surface area contributed by atoms with Gasteiger partial charge in [0.1, 0.15) is 10.5 Å². The first-order valence-electron chi connectivity index (χ1n) is 5.89. The molecule has 0 fully saturated rings. The summed E-state index contributed by atoms with van der Waals surface area (Å²) in [5, 5.41) is 0.652. The molecule has 2 heterocycles. The third-order valence-corrected chi connectivity index (χ3v) is 3.81. The maximum atomic E-state index is 11.6. The lowest BCUT2D eigenvalue weighted by Crippen LogP contribution is -1.98. The van der Waals surface area contributed by atoms with E-state index in [0.29, 0.717) is 21.8 Å². The zero-order valence-electron chi connectivity index (χ0n) is 10.6. The highest BCUT2D eigenvalue weighted by molar-refractivity contribution is 7.99. The Morgan fingerprint density at radius 1 is 1.30 bits per heavy atom. The third kappa shape index (κ3) is 2.23. The first-order valence-corrected chi connectivity index (χ1v) is 6.71. The smallest absolute Gasteiger partial charge is 0.223 e. The van der Waals surface area contributed by atoms with Crippen LogP contribution in [0.15, 0.2) is 40.5 Å². The molecule has 6 nitrogen and oxygen atoms in total. The average Bonchev–Trinajstić information content (AvgIpc) is 2.87.